The van der Waals surface area contributed by atoms with E-state index in [1.807, 2.05) is 20.0 Å². The summed E-state index contributed by atoms with van der Waals surface area (Å²) >= 11 is 0. The van der Waals surface area contributed by atoms with Gasteiger partial charge in [0.2, 0.25) is 0 Å². The minimum atomic E-state index is -0.332. The Morgan fingerprint density at radius 3 is 2.93 bits per heavy atom. The van der Waals surface area contributed by atoms with Crippen LogP contribution in [0.3, 0.4) is 0 Å². The monoisotopic (exact) mass is 196 g/mol. The van der Waals surface area contributed by atoms with Gasteiger partial charge < -0.3 is 9.63 Å². The summed E-state index contributed by atoms with van der Waals surface area (Å²) in [7, 11) is 2.01. The number of rotatable bonds is 2. The average Bonchev–Trinajstić information content (AvgIpc) is 2.73. The van der Waals surface area contributed by atoms with Crippen molar-refractivity contribution in [1.29, 1.82) is 0 Å². The van der Waals surface area contributed by atoms with Crippen LogP contribution in [0.15, 0.2) is 10.6 Å². The molecule has 1 unspecified atom stereocenters. The van der Waals surface area contributed by atoms with Gasteiger partial charge in [-0.05, 0) is 33.4 Å². The molecule has 0 radical (unpaired) electrons. The minimum absolute atomic E-state index is 0.0954. The zero-order valence-electron chi connectivity index (χ0n) is 8.66. The van der Waals surface area contributed by atoms with E-state index < -0.39 is 0 Å². The highest BCUT2D eigenvalue weighted by Crippen LogP contribution is 2.37. The lowest BCUT2D eigenvalue weighted by molar-refractivity contribution is 0.0568. The second-order valence-corrected chi connectivity index (χ2v) is 4.05. The Labute approximate surface area is 83.5 Å². The molecule has 1 aromatic heterocycles. The molecule has 1 aliphatic heterocycles. The topological polar surface area (TPSA) is 49.5 Å². The highest BCUT2D eigenvalue weighted by atomic mass is 16.5. The Morgan fingerprint density at radius 1 is 1.71 bits per heavy atom. The first-order valence-corrected chi connectivity index (χ1v) is 4.95. The van der Waals surface area contributed by atoms with E-state index in [1.165, 1.54) is 0 Å². The Morgan fingerprint density at radius 2 is 2.50 bits per heavy atom. The van der Waals surface area contributed by atoms with Crippen molar-refractivity contribution >= 4 is 0 Å². The fourth-order valence-electron chi connectivity index (χ4n) is 2.19. The molecule has 0 aliphatic carbocycles. The number of aliphatic hydroxyl groups excluding tert-OH is 1. The Hall–Kier alpha value is -0.870. The predicted molar refractivity (Wildman–Crippen MR) is 51.9 cm³/mol. The van der Waals surface area contributed by atoms with Gasteiger partial charge in [-0.3, -0.25) is 4.90 Å². The zero-order valence-corrected chi connectivity index (χ0v) is 8.66. The van der Waals surface area contributed by atoms with E-state index in [9.17, 15) is 5.11 Å². The number of hydrogen-bond donors (Lipinski definition) is 1. The molecule has 1 aliphatic rings. The lowest BCUT2D eigenvalue weighted by Crippen LogP contribution is -2.41. The van der Waals surface area contributed by atoms with Crippen LogP contribution in [-0.4, -0.2) is 35.4 Å². The van der Waals surface area contributed by atoms with Crippen LogP contribution in [0.1, 0.15) is 24.3 Å². The lowest BCUT2D eigenvalue weighted by atomic mass is 9.94. The molecule has 4 heteroatoms. The van der Waals surface area contributed by atoms with Gasteiger partial charge in [0.15, 0.2) is 5.76 Å². The molecule has 1 saturated heterocycles. The molecule has 0 aromatic carbocycles. The maximum absolute atomic E-state index is 9.52. The highest BCUT2D eigenvalue weighted by molar-refractivity contribution is 5.16. The average molecular weight is 196 g/mol. The van der Waals surface area contributed by atoms with Gasteiger partial charge in [0, 0.05) is 6.07 Å². The largest absolute Gasteiger partial charge is 0.394 e. The van der Waals surface area contributed by atoms with Gasteiger partial charge in [-0.25, -0.2) is 0 Å². The van der Waals surface area contributed by atoms with Crippen LogP contribution < -0.4 is 0 Å². The molecule has 2 heterocycles. The van der Waals surface area contributed by atoms with Crippen molar-refractivity contribution in [2.75, 3.05) is 20.2 Å². The molecule has 1 fully saturated rings. The maximum atomic E-state index is 9.52. The summed E-state index contributed by atoms with van der Waals surface area (Å²) in [4.78, 5) is 2.15. The van der Waals surface area contributed by atoms with Gasteiger partial charge in [0.25, 0.3) is 0 Å². The van der Waals surface area contributed by atoms with Crippen LogP contribution in [-0.2, 0) is 5.54 Å². The first-order valence-electron chi connectivity index (χ1n) is 4.95. The van der Waals surface area contributed by atoms with Crippen molar-refractivity contribution in [2.24, 2.45) is 0 Å². The van der Waals surface area contributed by atoms with Gasteiger partial charge in [-0.15, -0.1) is 0 Å². The Bertz CT molecular complexity index is 324. The van der Waals surface area contributed by atoms with Crippen molar-refractivity contribution in [1.82, 2.24) is 10.1 Å². The summed E-state index contributed by atoms with van der Waals surface area (Å²) in [6.07, 6.45) is 2.03. The van der Waals surface area contributed by atoms with Gasteiger partial charge >= 0.3 is 0 Å². The molecule has 4 nitrogen and oxygen atoms in total. The summed E-state index contributed by atoms with van der Waals surface area (Å²) in [5.74, 6) is 0.789. The van der Waals surface area contributed by atoms with E-state index >= 15 is 0 Å². The Balaban J connectivity index is 2.37. The van der Waals surface area contributed by atoms with Gasteiger partial charge in [0.05, 0.1) is 12.3 Å². The molecule has 1 aromatic rings. The van der Waals surface area contributed by atoms with Crippen molar-refractivity contribution in [3.8, 4) is 0 Å². The maximum Gasteiger partial charge on any atom is 0.159 e. The minimum Gasteiger partial charge on any atom is -0.394 e. The van der Waals surface area contributed by atoms with Crippen molar-refractivity contribution in [2.45, 2.75) is 25.3 Å². The normalized spacial score (nSPS) is 28.5. The van der Waals surface area contributed by atoms with Crippen molar-refractivity contribution < 1.29 is 9.63 Å². The molecule has 1 atom stereocenters. The summed E-state index contributed by atoms with van der Waals surface area (Å²) < 4.78 is 5.26. The fraction of sp³-hybridized carbons (Fsp3) is 0.700. The third-order valence-corrected chi connectivity index (χ3v) is 3.16. The number of aryl methyl sites for hydroxylation is 1. The van der Waals surface area contributed by atoms with E-state index in [0.717, 1.165) is 30.8 Å². The van der Waals surface area contributed by atoms with Crippen LogP contribution in [0.25, 0.3) is 0 Å². The molecule has 14 heavy (non-hydrogen) atoms. The second kappa shape index (κ2) is 3.37. The number of nitrogens with zero attached hydrogens (tertiary/aromatic N) is 2. The van der Waals surface area contributed by atoms with E-state index in [-0.39, 0.29) is 12.1 Å². The summed E-state index contributed by atoms with van der Waals surface area (Å²) in [6, 6.07) is 1.91. The second-order valence-electron chi connectivity index (χ2n) is 4.05. The van der Waals surface area contributed by atoms with Crippen LogP contribution in [0.5, 0.6) is 0 Å². The molecule has 1 N–H and O–H groups in total. The lowest BCUT2D eigenvalue weighted by Gasteiger charge is -2.31. The molecule has 78 valence electrons. The summed E-state index contributed by atoms with van der Waals surface area (Å²) in [5.41, 5.74) is 0.537. The van der Waals surface area contributed by atoms with Gasteiger partial charge in [-0.1, -0.05) is 5.16 Å². The van der Waals surface area contributed by atoms with Crippen LogP contribution in [0.2, 0.25) is 0 Å². The standard InChI is InChI=1S/C10H16N2O2/c1-8-6-9(14-11-8)10(7-13)4-3-5-12(10)2/h6,13H,3-5,7H2,1-2H3. The van der Waals surface area contributed by atoms with Crippen LogP contribution in [0.4, 0.5) is 0 Å². The predicted octanol–water partition coefficient (Wildman–Crippen LogP) is 0.896. The van der Waals surface area contributed by atoms with Crippen LogP contribution in [0, 0.1) is 6.92 Å². The van der Waals surface area contributed by atoms with Gasteiger partial charge in [0.1, 0.15) is 5.54 Å². The first kappa shape index (κ1) is 9.68. The van der Waals surface area contributed by atoms with E-state index in [1.54, 1.807) is 0 Å². The number of aromatic nitrogens is 1. The number of likely N-dealkylation sites (tertiary alicyclic amines) is 1. The summed E-state index contributed by atoms with van der Waals surface area (Å²) in [6.45, 7) is 2.99. The van der Waals surface area contributed by atoms with E-state index in [0.29, 0.717) is 0 Å². The molecular formula is C10H16N2O2. The Kier molecular flexibility index (Phi) is 2.33. The molecule has 0 saturated carbocycles. The smallest absolute Gasteiger partial charge is 0.159 e. The SMILES string of the molecule is Cc1cc(C2(CO)CCCN2C)on1. The molecular weight excluding hydrogens is 180 g/mol. The zero-order chi connectivity index (χ0) is 10.2. The van der Waals surface area contributed by atoms with E-state index in [4.69, 9.17) is 4.52 Å². The first-order chi connectivity index (χ1) is 6.69. The number of hydrogen-bond acceptors (Lipinski definition) is 4. The molecule has 2 rings (SSSR count). The van der Waals surface area contributed by atoms with Crippen LogP contribution >= 0.6 is 0 Å². The third-order valence-electron chi connectivity index (χ3n) is 3.16. The van der Waals surface area contributed by atoms with Crippen molar-refractivity contribution in [3.63, 3.8) is 0 Å². The quantitative estimate of drug-likeness (QED) is 0.763. The van der Waals surface area contributed by atoms with Gasteiger partial charge in [-0.2, -0.15) is 0 Å². The fourth-order valence-corrected chi connectivity index (χ4v) is 2.19. The molecule has 0 amide bonds. The number of aliphatic hydroxyl groups is 1. The third kappa shape index (κ3) is 1.26. The molecule has 0 spiro atoms. The van der Waals surface area contributed by atoms with Crippen molar-refractivity contribution in [3.05, 3.63) is 17.5 Å². The highest BCUT2D eigenvalue weighted by Gasteiger charge is 2.43. The molecule has 0 bridgehead atoms. The summed E-state index contributed by atoms with van der Waals surface area (Å²) in [5, 5.41) is 13.4. The van der Waals surface area contributed by atoms with E-state index in [2.05, 4.69) is 10.1 Å². The number of likely N-dealkylation sites (N-methyl/N-ethyl adjacent to an activating group) is 1.